The lowest BCUT2D eigenvalue weighted by molar-refractivity contribution is -0.281. The van der Waals surface area contributed by atoms with Crippen LogP contribution in [0.2, 0.25) is 0 Å². The van der Waals surface area contributed by atoms with Crippen molar-refractivity contribution in [2.24, 2.45) is 11.3 Å². The van der Waals surface area contributed by atoms with Crippen molar-refractivity contribution < 1.29 is 20.1 Å². The van der Waals surface area contributed by atoms with Gasteiger partial charge in [0.15, 0.2) is 6.29 Å². The van der Waals surface area contributed by atoms with Crippen LogP contribution < -0.4 is 0 Å². The van der Waals surface area contributed by atoms with Crippen molar-refractivity contribution in [3.05, 3.63) is 0 Å². The van der Waals surface area contributed by atoms with Gasteiger partial charge in [0.05, 0.1) is 12.2 Å². The van der Waals surface area contributed by atoms with Gasteiger partial charge in [0.1, 0.15) is 6.10 Å². The standard InChI is InChI=1S/C11H22O4/c1-5-6-8(12)9(13)7(10(14)15-6)11(2,3)4/h6-10,12-14H,5H2,1-4H3. The Morgan fingerprint density at radius 1 is 1.07 bits per heavy atom. The summed E-state index contributed by atoms with van der Waals surface area (Å²) in [4.78, 5) is 0. The molecule has 0 aromatic carbocycles. The van der Waals surface area contributed by atoms with Gasteiger partial charge in [0, 0.05) is 5.92 Å². The smallest absolute Gasteiger partial charge is 0.160 e. The SMILES string of the molecule is CCC1OC(O)C(C(C)(C)C)C(O)C1O. The highest BCUT2D eigenvalue weighted by Crippen LogP contribution is 2.38. The molecule has 4 nitrogen and oxygen atoms in total. The molecule has 3 N–H and O–H groups in total. The highest BCUT2D eigenvalue weighted by molar-refractivity contribution is 4.93. The molecule has 90 valence electrons. The third-order valence-corrected chi connectivity index (χ3v) is 3.12. The molecule has 0 aromatic heterocycles. The highest BCUT2D eigenvalue weighted by atomic mass is 16.6. The van der Waals surface area contributed by atoms with Crippen LogP contribution in [-0.2, 0) is 4.74 Å². The Morgan fingerprint density at radius 2 is 1.60 bits per heavy atom. The number of hydrogen-bond donors (Lipinski definition) is 3. The molecule has 0 aromatic rings. The lowest BCUT2D eigenvalue weighted by atomic mass is 9.73. The van der Waals surface area contributed by atoms with E-state index in [4.69, 9.17) is 4.74 Å². The molecular formula is C11H22O4. The number of aliphatic hydroxyl groups excluding tert-OH is 3. The molecule has 0 saturated carbocycles. The van der Waals surface area contributed by atoms with E-state index in [1.165, 1.54) is 0 Å². The average Bonchev–Trinajstić information content (AvgIpc) is 2.09. The summed E-state index contributed by atoms with van der Waals surface area (Å²) < 4.78 is 5.30. The molecule has 0 bridgehead atoms. The zero-order chi connectivity index (χ0) is 11.8. The summed E-state index contributed by atoms with van der Waals surface area (Å²) in [5, 5.41) is 29.6. The fourth-order valence-electron chi connectivity index (χ4n) is 2.22. The molecule has 5 unspecified atom stereocenters. The molecule has 1 rings (SSSR count). The van der Waals surface area contributed by atoms with Gasteiger partial charge in [-0.3, -0.25) is 0 Å². The lowest BCUT2D eigenvalue weighted by Gasteiger charge is -2.46. The first-order valence-corrected chi connectivity index (χ1v) is 5.48. The minimum atomic E-state index is -1.01. The van der Waals surface area contributed by atoms with Crippen molar-refractivity contribution in [1.29, 1.82) is 0 Å². The largest absolute Gasteiger partial charge is 0.390 e. The predicted octanol–water partition coefficient (Wildman–Crippen LogP) is 0.498. The second kappa shape index (κ2) is 4.37. The second-order valence-electron chi connectivity index (χ2n) is 5.35. The molecule has 4 heteroatoms. The van der Waals surface area contributed by atoms with Crippen LogP contribution in [0.25, 0.3) is 0 Å². The van der Waals surface area contributed by atoms with Crippen molar-refractivity contribution >= 4 is 0 Å². The number of aliphatic hydroxyl groups is 3. The summed E-state index contributed by atoms with van der Waals surface area (Å²) in [6.45, 7) is 7.58. The Balaban J connectivity index is 2.84. The van der Waals surface area contributed by atoms with Crippen molar-refractivity contribution in [1.82, 2.24) is 0 Å². The predicted molar refractivity (Wildman–Crippen MR) is 56.1 cm³/mol. The third kappa shape index (κ3) is 2.50. The second-order valence-corrected chi connectivity index (χ2v) is 5.35. The maximum Gasteiger partial charge on any atom is 0.160 e. The Labute approximate surface area is 90.9 Å². The van der Waals surface area contributed by atoms with Crippen LogP contribution in [0.1, 0.15) is 34.1 Å². The molecule has 0 radical (unpaired) electrons. The Bertz CT molecular complexity index is 211. The van der Waals surface area contributed by atoms with Crippen LogP contribution in [0.4, 0.5) is 0 Å². The Morgan fingerprint density at radius 3 is 2.00 bits per heavy atom. The average molecular weight is 218 g/mol. The van der Waals surface area contributed by atoms with E-state index in [0.717, 1.165) is 0 Å². The first-order chi connectivity index (χ1) is 6.79. The maximum atomic E-state index is 9.96. The van der Waals surface area contributed by atoms with E-state index in [1.807, 2.05) is 27.7 Å². The van der Waals surface area contributed by atoms with Crippen molar-refractivity contribution in [2.45, 2.75) is 58.7 Å². The molecule has 15 heavy (non-hydrogen) atoms. The van der Waals surface area contributed by atoms with Crippen LogP contribution >= 0.6 is 0 Å². The fraction of sp³-hybridized carbons (Fsp3) is 1.00. The molecule has 0 spiro atoms. The quantitative estimate of drug-likeness (QED) is 0.599. The number of hydrogen-bond acceptors (Lipinski definition) is 4. The van der Waals surface area contributed by atoms with E-state index in [9.17, 15) is 15.3 Å². The lowest BCUT2D eigenvalue weighted by Crippen LogP contribution is -2.57. The van der Waals surface area contributed by atoms with E-state index in [0.29, 0.717) is 6.42 Å². The van der Waals surface area contributed by atoms with E-state index in [-0.39, 0.29) is 5.41 Å². The molecule has 1 aliphatic rings. The van der Waals surface area contributed by atoms with Crippen LogP contribution in [0.15, 0.2) is 0 Å². The maximum absolute atomic E-state index is 9.96. The Kier molecular flexibility index (Phi) is 3.76. The van der Waals surface area contributed by atoms with E-state index in [1.54, 1.807) is 0 Å². The molecule has 1 saturated heterocycles. The van der Waals surface area contributed by atoms with Gasteiger partial charge in [0.2, 0.25) is 0 Å². The third-order valence-electron chi connectivity index (χ3n) is 3.12. The zero-order valence-corrected chi connectivity index (χ0v) is 9.84. The van der Waals surface area contributed by atoms with Crippen molar-refractivity contribution in [3.8, 4) is 0 Å². The van der Waals surface area contributed by atoms with Gasteiger partial charge >= 0.3 is 0 Å². The number of ether oxygens (including phenoxy) is 1. The van der Waals surface area contributed by atoms with E-state index < -0.39 is 30.5 Å². The first-order valence-electron chi connectivity index (χ1n) is 5.48. The molecule has 1 heterocycles. The van der Waals surface area contributed by atoms with E-state index >= 15 is 0 Å². The fourth-order valence-corrected chi connectivity index (χ4v) is 2.22. The normalized spacial score (nSPS) is 43.0. The first kappa shape index (κ1) is 12.9. The van der Waals surface area contributed by atoms with E-state index in [2.05, 4.69) is 0 Å². The molecular weight excluding hydrogens is 196 g/mol. The van der Waals surface area contributed by atoms with Gasteiger partial charge in [0.25, 0.3) is 0 Å². The molecule has 1 fully saturated rings. The van der Waals surface area contributed by atoms with Crippen LogP contribution in [0.3, 0.4) is 0 Å². The van der Waals surface area contributed by atoms with Crippen molar-refractivity contribution in [2.75, 3.05) is 0 Å². The number of rotatable bonds is 1. The zero-order valence-electron chi connectivity index (χ0n) is 9.84. The van der Waals surface area contributed by atoms with Gasteiger partial charge < -0.3 is 20.1 Å². The van der Waals surface area contributed by atoms with Crippen LogP contribution in [-0.4, -0.2) is 39.9 Å². The summed E-state index contributed by atoms with van der Waals surface area (Å²) >= 11 is 0. The molecule has 0 amide bonds. The topological polar surface area (TPSA) is 69.9 Å². The molecule has 0 aliphatic carbocycles. The molecule has 1 aliphatic heterocycles. The van der Waals surface area contributed by atoms with Crippen LogP contribution in [0.5, 0.6) is 0 Å². The minimum Gasteiger partial charge on any atom is -0.390 e. The molecule has 5 atom stereocenters. The Hall–Kier alpha value is -0.160. The van der Waals surface area contributed by atoms with Crippen molar-refractivity contribution in [3.63, 3.8) is 0 Å². The summed E-state index contributed by atoms with van der Waals surface area (Å²) in [5.41, 5.74) is -0.307. The monoisotopic (exact) mass is 218 g/mol. The minimum absolute atomic E-state index is 0.307. The summed E-state index contributed by atoms with van der Waals surface area (Å²) in [6, 6.07) is 0. The van der Waals surface area contributed by atoms with Gasteiger partial charge in [-0.1, -0.05) is 27.7 Å². The van der Waals surface area contributed by atoms with Crippen LogP contribution in [0, 0.1) is 11.3 Å². The summed E-state index contributed by atoms with van der Waals surface area (Å²) in [5.74, 6) is -0.463. The highest BCUT2D eigenvalue weighted by Gasteiger charge is 2.47. The summed E-state index contributed by atoms with van der Waals surface area (Å²) in [6.07, 6.45) is -2.75. The van der Waals surface area contributed by atoms with Gasteiger partial charge in [-0.05, 0) is 11.8 Å². The van der Waals surface area contributed by atoms with Gasteiger partial charge in [-0.25, -0.2) is 0 Å². The van der Waals surface area contributed by atoms with Gasteiger partial charge in [-0.2, -0.15) is 0 Å². The summed E-state index contributed by atoms with van der Waals surface area (Å²) in [7, 11) is 0. The van der Waals surface area contributed by atoms with Gasteiger partial charge in [-0.15, -0.1) is 0 Å².